The van der Waals surface area contributed by atoms with Crippen molar-refractivity contribution >= 4 is 38.3 Å². The van der Waals surface area contributed by atoms with Gasteiger partial charge < -0.3 is 5.32 Å². The Morgan fingerprint density at radius 3 is 2.86 bits per heavy atom. The molecule has 1 N–H and O–H groups in total. The highest BCUT2D eigenvalue weighted by Crippen LogP contribution is 2.30. The van der Waals surface area contributed by atoms with Gasteiger partial charge in [0.1, 0.15) is 17.3 Å². The second-order valence-electron chi connectivity index (χ2n) is 4.34. The number of hydrogen-bond acceptors (Lipinski definition) is 6. The molecule has 114 valence electrons. The van der Waals surface area contributed by atoms with Crippen molar-refractivity contribution in [3.63, 3.8) is 0 Å². The number of benzene rings is 1. The highest BCUT2D eigenvalue weighted by Gasteiger charge is 2.42. The molecule has 0 unspecified atom stereocenters. The first kappa shape index (κ1) is 14.6. The lowest BCUT2D eigenvalue weighted by molar-refractivity contribution is -0.116. The maximum absolute atomic E-state index is 13.2. The molecule has 0 atom stereocenters. The lowest BCUT2D eigenvalue weighted by atomic mass is 10.2. The molecule has 1 aliphatic rings. The molecule has 1 aromatic carbocycles. The van der Waals surface area contributed by atoms with Crippen molar-refractivity contribution in [3.05, 3.63) is 41.2 Å². The molecule has 7 nitrogen and oxygen atoms in total. The predicted octanol–water partition coefficient (Wildman–Crippen LogP) is 1.07. The molecule has 0 fully saturated rings. The van der Waals surface area contributed by atoms with Gasteiger partial charge in [0.05, 0.1) is 5.56 Å². The van der Waals surface area contributed by atoms with Gasteiger partial charge in [0.15, 0.2) is 5.13 Å². The van der Waals surface area contributed by atoms with E-state index in [0.717, 1.165) is 29.5 Å². The van der Waals surface area contributed by atoms with E-state index in [4.69, 9.17) is 0 Å². The monoisotopic (exact) mass is 341 g/mol. The molecular formula is C12H8FN3O4S2. The molecule has 1 aromatic heterocycles. The maximum atomic E-state index is 13.2. The molecule has 0 bridgehead atoms. The molecule has 22 heavy (non-hydrogen) atoms. The minimum atomic E-state index is -4.15. The molecule has 0 radical (unpaired) electrons. The summed E-state index contributed by atoms with van der Waals surface area (Å²) in [5, 5.41) is 4.30. The highest BCUT2D eigenvalue weighted by atomic mass is 32.2. The standard InChI is InChI=1S/C12H8FN3O4S2/c13-7-1-2-9-8(5-7)11(18)16(22(9,19)20)6-10(17)15-12-14-3-4-21-12/h1-5H,6H2,(H,14,15,17). The molecule has 2 amide bonds. The third-order valence-corrected chi connectivity index (χ3v) is 5.41. The van der Waals surface area contributed by atoms with Crippen LogP contribution in [0.25, 0.3) is 0 Å². The van der Waals surface area contributed by atoms with Crippen LogP contribution in [0.2, 0.25) is 0 Å². The topological polar surface area (TPSA) is 96.4 Å². The van der Waals surface area contributed by atoms with E-state index in [1.807, 2.05) is 0 Å². The van der Waals surface area contributed by atoms with Gasteiger partial charge in [0, 0.05) is 11.6 Å². The molecule has 3 rings (SSSR count). The highest BCUT2D eigenvalue weighted by molar-refractivity contribution is 7.90. The number of fused-ring (bicyclic) bond motifs is 1. The normalized spacial score (nSPS) is 15.7. The van der Waals surface area contributed by atoms with E-state index in [1.54, 1.807) is 5.38 Å². The number of aromatic nitrogens is 1. The zero-order valence-electron chi connectivity index (χ0n) is 10.8. The van der Waals surface area contributed by atoms with Gasteiger partial charge in [0.2, 0.25) is 5.91 Å². The third-order valence-electron chi connectivity index (χ3n) is 2.93. The van der Waals surface area contributed by atoms with Crippen LogP contribution in [-0.2, 0) is 14.8 Å². The van der Waals surface area contributed by atoms with Crippen molar-refractivity contribution in [1.29, 1.82) is 0 Å². The summed E-state index contributed by atoms with van der Waals surface area (Å²) in [6.07, 6.45) is 1.47. The molecule has 0 aliphatic carbocycles. The largest absolute Gasteiger partial charge is 0.300 e. The second kappa shape index (κ2) is 5.14. The number of nitrogens with one attached hydrogen (secondary N) is 1. The van der Waals surface area contributed by atoms with Crippen molar-refractivity contribution in [2.24, 2.45) is 0 Å². The lowest BCUT2D eigenvalue weighted by Crippen LogP contribution is -2.37. The Kier molecular flexibility index (Phi) is 3.41. The Bertz CT molecular complexity index is 865. The maximum Gasteiger partial charge on any atom is 0.269 e. The summed E-state index contributed by atoms with van der Waals surface area (Å²) in [6, 6.07) is 2.80. The summed E-state index contributed by atoms with van der Waals surface area (Å²) in [7, 11) is -4.15. The molecule has 2 heterocycles. The SMILES string of the molecule is O=C(CN1C(=O)c2cc(F)ccc2S1(=O)=O)Nc1nccs1. The average Bonchev–Trinajstić information content (AvgIpc) is 3.01. The van der Waals surface area contributed by atoms with Gasteiger partial charge in [-0.15, -0.1) is 11.3 Å². The quantitative estimate of drug-likeness (QED) is 0.901. The molecule has 0 spiro atoms. The number of carbonyl (C=O) groups excluding carboxylic acids is 2. The van der Waals surface area contributed by atoms with E-state index in [0.29, 0.717) is 4.31 Å². The molecule has 0 saturated heterocycles. The summed E-state index contributed by atoms with van der Waals surface area (Å²) < 4.78 is 38.1. The van der Waals surface area contributed by atoms with Gasteiger partial charge in [-0.1, -0.05) is 0 Å². The van der Waals surface area contributed by atoms with Crippen molar-refractivity contribution in [1.82, 2.24) is 9.29 Å². The fourth-order valence-corrected chi connectivity index (χ4v) is 4.04. The van der Waals surface area contributed by atoms with Crippen LogP contribution < -0.4 is 5.32 Å². The number of hydrogen-bond donors (Lipinski definition) is 1. The van der Waals surface area contributed by atoms with Crippen LogP contribution in [0.5, 0.6) is 0 Å². The van der Waals surface area contributed by atoms with Crippen molar-refractivity contribution in [2.45, 2.75) is 4.90 Å². The first-order valence-corrected chi connectivity index (χ1v) is 8.27. The summed E-state index contributed by atoms with van der Waals surface area (Å²) in [4.78, 5) is 27.4. The van der Waals surface area contributed by atoms with Gasteiger partial charge in [0.25, 0.3) is 15.9 Å². The number of anilines is 1. The van der Waals surface area contributed by atoms with Crippen molar-refractivity contribution < 1.29 is 22.4 Å². The van der Waals surface area contributed by atoms with Crippen LogP contribution in [0.1, 0.15) is 10.4 Å². The number of amides is 2. The van der Waals surface area contributed by atoms with E-state index in [1.165, 1.54) is 6.20 Å². The van der Waals surface area contributed by atoms with Gasteiger partial charge in [-0.2, -0.15) is 0 Å². The molecule has 2 aromatic rings. The van der Waals surface area contributed by atoms with E-state index >= 15 is 0 Å². The fourth-order valence-electron chi connectivity index (χ4n) is 1.99. The van der Waals surface area contributed by atoms with Crippen LogP contribution in [0, 0.1) is 5.82 Å². The second-order valence-corrected chi connectivity index (χ2v) is 7.07. The lowest BCUT2D eigenvalue weighted by Gasteiger charge is -2.13. The number of rotatable bonds is 3. The van der Waals surface area contributed by atoms with Crippen LogP contribution in [0.3, 0.4) is 0 Å². The third kappa shape index (κ3) is 2.35. The zero-order chi connectivity index (χ0) is 15.9. The van der Waals surface area contributed by atoms with Crippen LogP contribution in [0.4, 0.5) is 9.52 Å². The zero-order valence-corrected chi connectivity index (χ0v) is 12.4. The minimum Gasteiger partial charge on any atom is -0.300 e. The summed E-state index contributed by atoms with van der Waals surface area (Å²) >= 11 is 1.15. The van der Waals surface area contributed by atoms with Crippen LogP contribution in [0.15, 0.2) is 34.7 Å². The summed E-state index contributed by atoms with van der Waals surface area (Å²) in [5.74, 6) is -2.36. The van der Waals surface area contributed by atoms with Gasteiger partial charge in [-0.25, -0.2) is 22.1 Å². The van der Waals surface area contributed by atoms with Crippen molar-refractivity contribution in [2.75, 3.05) is 11.9 Å². The summed E-state index contributed by atoms with van der Waals surface area (Å²) in [6.45, 7) is -0.697. The summed E-state index contributed by atoms with van der Waals surface area (Å²) in [5.41, 5.74) is -0.276. The number of carbonyl (C=O) groups is 2. The smallest absolute Gasteiger partial charge is 0.269 e. The average molecular weight is 341 g/mol. The Hall–Kier alpha value is -2.33. The Morgan fingerprint density at radius 2 is 2.18 bits per heavy atom. The first-order valence-electron chi connectivity index (χ1n) is 5.95. The minimum absolute atomic E-state index is 0.276. The Balaban J connectivity index is 1.86. The molecule has 10 heteroatoms. The molecule has 1 aliphatic heterocycles. The molecular weight excluding hydrogens is 333 g/mol. The van der Waals surface area contributed by atoms with Gasteiger partial charge >= 0.3 is 0 Å². The predicted molar refractivity (Wildman–Crippen MR) is 75.4 cm³/mol. The van der Waals surface area contributed by atoms with E-state index in [2.05, 4.69) is 10.3 Å². The number of thiazole rings is 1. The number of sulfonamides is 1. The van der Waals surface area contributed by atoms with Crippen molar-refractivity contribution in [3.8, 4) is 0 Å². The van der Waals surface area contributed by atoms with E-state index in [-0.39, 0.29) is 15.6 Å². The Morgan fingerprint density at radius 1 is 1.41 bits per heavy atom. The van der Waals surface area contributed by atoms with Crippen LogP contribution >= 0.6 is 11.3 Å². The molecule has 0 saturated carbocycles. The Labute approximate surface area is 128 Å². The van der Waals surface area contributed by atoms with Gasteiger partial charge in [-0.3, -0.25) is 9.59 Å². The van der Waals surface area contributed by atoms with E-state index < -0.39 is 34.2 Å². The number of halogens is 1. The number of nitrogens with zero attached hydrogens (tertiary/aromatic N) is 2. The fraction of sp³-hybridized carbons (Fsp3) is 0.0833. The van der Waals surface area contributed by atoms with Crippen LogP contribution in [-0.4, -0.2) is 36.1 Å². The van der Waals surface area contributed by atoms with E-state index in [9.17, 15) is 22.4 Å². The first-order chi connectivity index (χ1) is 10.4. The van der Waals surface area contributed by atoms with Gasteiger partial charge in [-0.05, 0) is 18.2 Å².